The third-order valence-electron chi connectivity index (χ3n) is 3.04. The fraction of sp³-hybridized carbons (Fsp3) is 0.909. The largest absolute Gasteiger partial charge is 0.343 e. The summed E-state index contributed by atoms with van der Waals surface area (Å²) in [5.74, 6) is 0.298. The Hall–Kier alpha value is -0.620. The van der Waals surface area contributed by atoms with Crippen LogP contribution in [0.3, 0.4) is 0 Å². The highest BCUT2D eigenvalue weighted by atomic mass is 32.2. The Morgan fingerprint density at radius 2 is 1.88 bits per heavy atom. The van der Waals surface area contributed by atoms with Gasteiger partial charge in [0.15, 0.2) is 0 Å². The first-order chi connectivity index (χ1) is 7.98. The molecule has 1 aliphatic heterocycles. The van der Waals surface area contributed by atoms with Crippen LogP contribution in [0.2, 0.25) is 0 Å². The number of carbonyl (C=O) groups excluding carboxylic acids is 1. The Balaban J connectivity index is 2.38. The second-order valence-electron chi connectivity index (χ2n) is 4.43. The topological polar surface area (TPSA) is 66.5 Å². The molecule has 1 heterocycles. The fourth-order valence-corrected chi connectivity index (χ4v) is 2.87. The predicted molar refractivity (Wildman–Crippen MR) is 67.1 cm³/mol. The van der Waals surface area contributed by atoms with Gasteiger partial charge < -0.3 is 4.90 Å². The number of sulfonamides is 1. The second kappa shape index (κ2) is 6.35. The Bertz CT molecular complexity index is 346. The number of carbonyl (C=O) groups is 1. The zero-order chi connectivity index (χ0) is 12.9. The van der Waals surface area contributed by atoms with Crippen molar-refractivity contribution in [2.24, 2.45) is 0 Å². The van der Waals surface area contributed by atoms with Gasteiger partial charge in [-0.05, 0) is 26.2 Å². The van der Waals surface area contributed by atoms with Crippen LogP contribution in [0.25, 0.3) is 0 Å². The average Bonchev–Trinajstić information content (AvgIpc) is 2.30. The zero-order valence-electron chi connectivity index (χ0n) is 10.6. The van der Waals surface area contributed by atoms with Crippen LogP contribution < -0.4 is 4.72 Å². The van der Waals surface area contributed by atoms with Gasteiger partial charge >= 0.3 is 0 Å². The van der Waals surface area contributed by atoms with Gasteiger partial charge in [-0.15, -0.1) is 0 Å². The van der Waals surface area contributed by atoms with Crippen LogP contribution in [-0.4, -0.2) is 44.1 Å². The summed E-state index contributed by atoms with van der Waals surface area (Å²) in [4.78, 5) is 13.5. The summed E-state index contributed by atoms with van der Waals surface area (Å²) in [6.07, 6.45) is 2.88. The van der Waals surface area contributed by atoms with Crippen molar-refractivity contribution < 1.29 is 13.2 Å². The monoisotopic (exact) mass is 262 g/mol. The van der Waals surface area contributed by atoms with Gasteiger partial charge in [0.2, 0.25) is 15.9 Å². The molecule has 0 aromatic heterocycles. The third-order valence-corrected chi connectivity index (χ3v) is 4.49. The van der Waals surface area contributed by atoms with E-state index in [9.17, 15) is 13.2 Å². The molecule has 0 saturated carbocycles. The van der Waals surface area contributed by atoms with Gasteiger partial charge in [0.25, 0.3) is 0 Å². The van der Waals surface area contributed by atoms with E-state index >= 15 is 0 Å². The molecule has 0 radical (unpaired) electrons. The van der Waals surface area contributed by atoms with Crippen LogP contribution in [-0.2, 0) is 14.8 Å². The van der Waals surface area contributed by atoms with E-state index < -0.39 is 10.0 Å². The fourth-order valence-electron chi connectivity index (χ4n) is 1.96. The Kier molecular flexibility index (Phi) is 5.39. The smallest absolute Gasteiger partial charge is 0.222 e. The first-order valence-electron chi connectivity index (χ1n) is 6.26. The van der Waals surface area contributed by atoms with E-state index in [0.29, 0.717) is 32.4 Å². The molecule has 1 rings (SSSR count). The second-order valence-corrected chi connectivity index (χ2v) is 6.47. The number of amides is 1. The molecule has 0 aromatic rings. The number of nitrogens with zero attached hydrogens (tertiary/aromatic N) is 1. The standard InChI is InChI=1S/C11H22N2O3S/c1-3-5-11(14)13-8-6-10(7-9-13)12-17(15,16)4-2/h10,12H,3-9H2,1-2H3. The molecule has 1 aliphatic rings. The summed E-state index contributed by atoms with van der Waals surface area (Å²) in [6.45, 7) is 4.94. The molecule has 0 bridgehead atoms. The maximum absolute atomic E-state index is 11.6. The lowest BCUT2D eigenvalue weighted by Gasteiger charge is -2.32. The highest BCUT2D eigenvalue weighted by Gasteiger charge is 2.24. The minimum absolute atomic E-state index is 0.00868. The van der Waals surface area contributed by atoms with Crippen LogP contribution in [0, 0.1) is 0 Å². The summed E-state index contributed by atoms with van der Waals surface area (Å²) < 4.78 is 25.5. The first-order valence-corrected chi connectivity index (χ1v) is 7.91. The third kappa shape index (κ3) is 4.63. The molecule has 0 spiro atoms. The van der Waals surface area contributed by atoms with Gasteiger partial charge in [-0.1, -0.05) is 6.92 Å². The molecule has 6 heteroatoms. The van der Waals surface area contributed by atoms with E-state index in [2.05, 4.69) is 4.72 Å². The predicted octanol–water partition coefficient (Wildman–Crippen LogP) is 0.717. The van der Waals surface area contributed by atoms with Gasteiger partial charge in [-0.25, -0.2) is 13.1 Å². The van der Waals surface area contributed by atoms with Crippen molar-refractivity contribution in [2.45, 2.75) is 45.6 Å². The molecular formula is C11H22N2O3S. The highest BCUT2D eigenvalue weighted by Crippen LogP contribution is 2.12. The Morgan fingerprint density at radius 3 is 2.35 bits per heavy atom. The maximum atomic E-state index is 11.6. The molecular weight excluding hydrogens is 240 g/mol. The average molecular weight is 262 g/mol. The number of piperidine rings is 1. The Labute approximate surface area is 104 Å². The number of nitrogens with one attached hydrogen (secondary N) is 1. The van der Waals surface area contributed by atoms with E-state index in [1.807, 2.05) is 11.8 Å². The van der Waals surface area contributed by atoms with Crippen molar-refractivity contribution in [3.63, 3.8) is 0 Å². The lowest BCUT2D eigenvalue weighted by molar-refractivity contribution is -0.132. The number of rotatable bonds is 5. The minimum atomic E-state index is -3.12. The number of hydrogen-bond acceptors (Lipinski definition) is 3. The molecule has 5 nitrogen and oxygen atoms in total. The molecule has 1 fully saturated rings. The van der Waals surface area contributed by atoms with E-state index in [-0.39, 0.29) is 17.7 Å². The number of likely N-dealkylation sites (tertiary alicyclic amines) is 1. The van der Waals surface area contributed by atoms with E-state index in [1.54, 1.807) is 6.92 Å². The molecule has 1 N–H and O–H groups in total. The summed E-state index contributed by atoms with van der Waals surface area (Å²) in [5, 5.41) is 0. The van der Waals surface area contributed by atoms with Crippen LogP contribution in [0.1, 0.15) is 39.5 Å². The van der Waals surface area contributed by atoms with E-state index in [1.165, 1.54) is 0 Å². The quantitative estimate of drug-likeness (QED) is 0.794. The first kappa shape index (κ1) is 14.4. The molecule has 0 unspecified atom stereocenters. The zero-order valence-corrected chi connectivity index (χ0v) is 11.4. The lowest BCUT2D eigenvalue weighted by atomic mass is 10.1. The van der Waals surface area contributed by atoms with E-state index in [0.717, 1.165) is 6.42 Å². The molecule has 100 valence electrons. The van der Waals surface area contributed by atoms with Crippen molar-refractivity contribution >= 4 is 15.9 Å². The van der Waals surface area contributed by atoms with Crippen molar-refractivity contribution in [3.05, 3.63) is 0 Å². The van der Waals surface area contributed by atoms with Crippen LogP contribution in [0.15, 0.2) is 0 Å². The minimum Gasteiger partial charge on any atom is -0.343 e. The lowest BCUT2D eigenvalue weighted by Crippen LogP contribution is -2.46. The van der Waals surface area contributed by atoms with Gasteiger partial charge in [0.05, 0.1) is 5.75 Å². The summed E-state index contributed by atoms with van der Waals surface area (Å²) in [6, 6.07) is -0.00868. The van der Waals surface area contributed by atoms with Crippen LogP contribution in [0.4, 0.5) is 0 Å². The maximum Gasteiger partial charge on any atom is 0.222 e. The normalized spacial score (nSPS) is 18.4. The van der Waals surface area contributed by atoms with Crippen molar-refractivity contribution in [2.75, 3.05) is 18.8 Å². The van der Waals surface area contributed by atoms with Gasteiger partial charge in [-0.3, -0.25) is 4.79 Å². The molecule has 0 aliphatic carbocycles. The highest BCUT2D eigenvalue weighted by molar-refractivity contribution is 7.89. The molecule has 1 saturated heterocycles. The van der Waals surface area contributed by atoms with Crippen molar-refractivity contribution in [1.29, 1.82) is 0 Å². The summed E-state index contributed by atoms with van der Waals surface area (Å²) in [7, 11) is -3.12. The van der Waals surface area contributed by atoms with E-state index in [4.69, 9.17) is 0 Å². The molecule has 17 heavy (non-hydrogen) atoms. The molecule has 0 atom stereocenters. The van der Waals surface area contributed by atoms with Gasteiger partial charge in [0.1, 0.15) is 0 Å². The van der Waals surface area contributed by atoms with Crippen molar-refractivity contribution in [1.82, 2.24) is 9.62 Å². The summed E-state index contributed by atoms with van der Waals surface area (Å²) >= 11 is 0. The Morgan fingerprint density at radius 1 is 1.29 bits per heavy atom. The van der Waals surface area contributed by atoms with Crippen LogP contribution >= 0.6 is 0 Å². The molecule has 1 amide bonds. The van der Waals surface area contributed by atoms with Crippen molar-refractivity contribution in [3.8, 4) is 0 Å². The molecule has 0 aromatic carbocycles. The SMILES string of the molecule is CCCC(=O)N1CCC(NS(=O)(=O)CC)CC1. The summed E-state index contributed by atoms with van der Waals surface area (Å²) in [5.41, 5.74) is 0. The van der Waals surface area contributed by atoms with Gasteiger partial charge in [-0.2, -0.15) is 0 Å². The number of hydrogen-bond donors (Lipinski definition) is 1. The van der Waals surface area contributed by atoms with Crippen LogP contribution in [0.5, 0.6) is 0 Å². The van der Waals surface area contributed by atoms with Gasteiger partial charge in [0, 0.05) is 25.6 Å².